The highest BCUT2D eigenvalue weighted by atomic mass is 19.4. The van der Waals surface area contributed by atoms with Gasteiger partial charge in [0.2, 0.25) is 0 Å². The molecule has 1 fully saturated rings. The van der Waals surface area contributed by atoms with Crippen molar-refractivity contribution in [1.29, 1.82) is 0 Å². The van der Waals surface area contributed by atoms with Gasteiger partial charge in [-0.15, -0.1) is 13.2 Å². The number of rotatable bonds is 4. The number of carbonyl (C=O) groups excluding carboxylic acids is 1. The van der Waals surface area contributed by atoms with Crippen molar-refractivity contribution in [2.75, 3.05) is 13.1 Å². The van der Waals surface area contributed by atoms with Crippen LogP contribution >= 0.6 is 0 Å². The van der Waals surface area contributed by atoms with Gasteiger partial charge in [0.05, 0.1) is 0 Å². The minimum Gasteiger partial charge on any atom is -0.406 e. The molecular formula is C29H25F3N2O3. The van der Waals surface area contributed by atoms with Crippen molar-refractivity contribution in [3.8, 4) is 16.9 Å². The first-order valence-corrected chi connectivity index (χ1v) is 12.1. The van der Waals surface area contributed by atoms with E-state index < -0.39 is 6.36 Å². The molecule has 1 aromatic heterocycles. The molecular weight excluding hydrogens is 481 g/mol. The molecule has 37 heavy (non-hydrogen) atoms. The summed E-state index contributed by atoms with van der Waals surface area (Å²) in [6, 6.07) is 20.4. The van der Waals surface area contributed by atoms with Crippen molar-refractivity contribution in [1.82, 2.24) is 9.88 Å². The number of fused-ring (bicyclic) bond motifs is 1. The molecule has 5 rings (SSSR count). The average molecular weight is 507 g/mol. The Morgan fingerprint density at radius 2 is 1.78 bits per heavy atom. The SMILES string of the molecule is Cc1c(C(=O)N2CCCC(c3cc4ccccc4c(=O)[nH]3)C2)cccc1-c1ccc(OC(F)(F)F)cc1. The van der Waals surface area contributed by atoms with Crippen LogP contribution in [-0.2, 0) is 0 Å². The molecule has 3 aromatic carbocycles. The molecule has 8 heteroatoms. The van der Waals surface area contributed by atoms with Gasteiger partial charge in [0.15, 0.2) is 0 Å². The number of carbonyl (C=O) groups is 1. The Morgan fingerprint density at radius 1 is 1.03 bits per heavy atom. The number of nitrogens with zero attached hydrogens (tertiary/aromatic N) is 1. The summed E-state index contributed by atoms with van der Waals surface area (Å²) in [7, 11) is 0. The third kappa shape index (κ3) is 5.23. The molecule has 0 saturated carbocycles. The number of ether oxygens (including phenoxy) is 1. The number of hydrogen-bond donors (Lipinski definition) is 1. The van der Waals surface area contributed by atoms with E-state index in [-0.39, 0.29) is 23.1 Å². The molecule has 2 heterocycles. The van der Waals surface area contributed by atoms with Gasteiger partial charge < -0.3 is 14.6 Å². The summed E-state index contributed by atoms with van der Waals surface area (Å²) >= 11 is 0. The maximum atomic E-state index is 13.6. The Balaban J connectivity index is 1.38. The van der Waals surface area contributed by atoms with E-state index in [1.54, 1.807) is 30.3 Å². The standard InChI is InChI=1S/C29H25F3N2O3/c1-18-23(19-11-13-22(14-12-19)37-29(30,31)32)9-4-10-24(18)28(36)34-15-5-7-21(17-34)26-16-20-6-2-3-8-25(20)27(35)33-26/h2-4,6,8-14,16,21H,5,7,15,17H2,1H3,(H,33,35). The van der Waals surface area contributed by atoms with Crippen molar-refractivity contribution < 1.29 is 22.7 Å². The average Bonchev–Trinajstić information content (AvgIpc) is 2.88. The first-order valence-electron chi connectivity index (χ1n) is 12.1. The second-order valence-corrected chi connectivity index (χ2v) is 9.28. The molecule has 190 valence electrons. The van der Waals surface area contributed by atoms with Gasteiger partial charge in [0.25, 0.3) is 11.5 Å². The summed E-state index contributed by atoms with van der Waals surface area (Å²) in [6.07, 6.45) is -3.08. The van der Waals surface area contributed by atoms with Crippen LogP contribution in [0.25, 0.3) is 21.9 Å². The van der Waals surface area contributed by atoms with Crippen LogP contribution in [-0.4, -0.2) is 35.2 Å². The van der Waals surface area contributed by atoms with E-state index in [0.29, 0.717) is 29.6 Å². The van der Waals surface area contributed by atoms with E-state index in [0.717, 1.165) is 35.0 Å². The summed E-state index contributed by atoms with van der Waals surface area (Å²) < 4.78 is 41.4. The molecule has 0 bridgehead atoms. The number of nitrogens with one attached hydrogen (secondary N) is 1. The third-order valence-electron chi connectivity index (χ3n) is 6.89. The second-order valence-electron chi connectivity index (χ2n) is 9.28. The maximum absolute atomic E-state index is 13.6. The largest absolute Gasteiger partial charge is 0.573 e. The highest BCUT2D eigenvalue weighted by Crippen LogP contribution is 2.32. The van der Waals surface area contributed by atoms with Crippen LogP contribution in [0, 0.1) is 6.92 Å². The molecule has 0 spiro atoms. The highest BCUT2D eigenvalue weighted by Gasteiger charge is 2.31. The lowest BCUT2D eigenvalue weighted by atomic mass is 9.91. The summed E-state index contributed by atoms with van der Waals surface area (Å²) in [5, 5.41) is 1.51. The highest BCUT2D eigenvalue weighted by molar-refractivity contribution is 5.97. The Bertz CT molecular complexity index is 1510. The Kier molecular flexibility index (Phi) is 6.50. The van der Waals surface area contributed by atoms with Crippen LogP contribution < -0.4 is 10.3 Å². The lowest BCUT2D eigenvalue weighted by Crippen LogP contribution is -2.39. The van der Waals surface area contributed by atoms with E-state index in [9.17, 15) is 22.8 Å². The zero-order valence-corrected chi connectivity index (χ0v) is 20.1. The molecule has 0 radical (unpaired) electrons. The number of alkyl halides is 3. The van der Waals surface area contributed by atoms with Gasteiger partial charge in [-0.2, -0.15) is 0 Å². The van der Waals surface area contributed by atoms with E-state index in [4.69, 9.17) is 0 Å². The zero-order valence-electron chi connectivity index (χ0n) is 20.1. The van der Waals surface area contributed by atoms with Crippen LogP contribution in [0.5, 0.6) is 5.75 Å². The number of likely N-dealkylation sites (tertiary alicyclic amines) is 1. The number of aromatic amines is 1. The minimum absolute atomic E-state index is 0.0136. The van der Waals surface area contributed by atoms with Crippen molar-refractivity contribution in [3.05, 3.63) is 100.0 Å². The first kappa shape index (κ1) is 24.6. The van der Waals surface area contributed by atoms with E-state index in [1.807, 2.05) is 42.2 Å². The molecule has 5 nitrogen and oxygen atoms in total. The Hall–Kier alpha value is -4.07. The number of piperidine rings is 1. The zero-order chi connectivity index (χ0) is 26.2. The third-order valence-corrected chi connectivity index (χ3v) is 6.89. The lowest BCUT2D eigenvalue weighted by molar-refractivity contribution is -0.274. The predicted octanol–water partition coefficient (Wildman–Crippen LogP) is 6.42. The van der Waals surface area contributed by atoms with Crippen LogP contribution in [0.15, 0.2) is 77.6 Å². The topological polar surface area (TPSA) is 62.4 Å². The smallest absolute Gasteiger partial charge is 0.406 e. The molecule has 1 unspecified atom stereocenters. The summed E-state index contributed by atoms with van der Waals surface area (Å²) in [5.41, 5.74) is 3.43. The number of amides is 1. The van der Waals surface area contributed by atoms with Crippen molar-refractivity contribution in [2.45, 2.75) is 32.0 Å². The fraction of sp³-hybridized carbons (Fsp3) is 0.241. The number of benzene rings is 3. The number of halogens is 3. The molecule has 1 aliphatic heterocycles. The Labute approximate surface area is 211 Å². The minimum atomic E-state index is -4.75. The molecule has 4 aromatic rings. The van der Waals surface area contributed by atoms with Crippen molar-refractivity contribution in [3.63, 3.8) is 0 Å². The molecule has 1 amide bonds. The van der Waals surface area contributed by atoms with E-state index >= 15 is 0 Å². The van der Waals surface area contributed by atoms with Gasteiger partial charge >= 0.3 is 6.36 Å². The molecule has 1 atom stereocenters. The van der Waals surface area contributed by atoms with Crippen LogP contribution in [0.3, 0.4) is 0 Å². The summed E-state index contributed by atoms with van der Waals surface area (Å²) in [6.45, 7) is 2.94. The fourth-order valence-corrected chi connectivity index (χ4v) is 5.05. The van der Waals surface area contributed by atoms with Crippen LogP contribution in [0.4, 0.5) is 13.2 Å². The van der Waals surface area contributed by atoms with E-state index in [1.165, 1.54) is 12.1 Å². The second kappa shape index (κ2) is 9.76. The fourth-order valence-electron chi connectivity index (χ4n) is 5.05. The van der Waals surface area contributed by atoms with Crippen LogP contribution in [0.1, 0.15) is 40.4 Å². The number of H-pyrrole nitrogens is 1. The van der Waals surface area contributed by atoms with Gasteiger partial charge in [-0.3, -0.25) is 9.59 Å². The molecule has 1 N–H and O–H groups in total. The number of pyridine rings is 1. The summed E-state index contributed by atoms with van der Waals surface area (Å²) in [4.78, 5) is 31.0. The van der Waals surface area contributed by atoms with Crippen molar-refractivity contribution >= 4 is 16.7 Å². The van der Waals surface area contributed by atoms with Crippen molar-refractivity contribution in [2.24, 2.45) is 0 Å². The molecule has 0 aliphatic carbocycles. The first-order chi connectivity index (χ1) is 17.7. The quantitative estimate of drug-likeness (QED) is 0.347. The predicted molar refractivity (Wildman–Crippen MR) is 136 cm³/mol. The van der Waals surface area contributed by atoms with Gasteiger partial charge in [-0.1, -0.05) is 42.5 Å². The molecule has 1 saturated heterocycles. The Morgan fingerprint density at radius 3 is 2.54 bits per heavy atom. The van der Waals surface area contributed by atoms with Gasteiger partial charge in [0.1, 0.15) is 5.75 Å². The molecule has 1 aliphatic rings. The maximum Gasteiger partial charge on any atom is 0.573 e. The monoisotopic (exact) mass is 506 g/mol. The lowest BCUT2D eigenvalue weighted by Gasteiger charge is -2.33. The summed E-state index contributed by atoms with van der Waals surface area (Å²) in [5.74, 6) is -0.392. The normalized spacial score (nSPS) is 16.1. The van der Waals surface area contributed by atoms with Gasteiger partial charge in [-0.05, 0) is 72.2 Å². The van der Waals surface area contributed by atoms with Gasteiger partial charge in [0, 0.05) is 35.7 Å². The number of hydrogen-bond acceptors (Lipinski definition) is 3. The van der Waals surface area contributed by atoms with Crippen LogP contribution in [0.2, 0.25) is 0 Å². The van der Waals surface area contributed by atoms with E-state index in [2.05, 4.69) is 9.72 Å². The number of aromatic nitrogens is 1. The van der Waals surface area contributed by atoms with Gasteiger partial charge in [-0.25, -0.2) is 0 Å².